The number of carbonyl (C=O) groups excluding carboxylic acids is 1. The first-order chi connectivity index (χ1) is 8.75. The molecule has 2 rings (SSSR count). The Kier molecular flexibility index (Phi) is 4.78. The minimum atomic E-state index is 0.124. The van der Waals surface area contributed by atoms with Crippen molar-refractivity contribution in [1.82, 2.24) is 9.88 Å². The maximum Gasteiger partial charge on any atom is 0.233 e. The fourth-order valence-corrected chi connectivity index (χ4v) is 2.96. The number of carbonyl (C=O) groups is 1. The number of aromatic nitrogens is 1. The van der Waals surface area contributed by atoms with Gasteiger partial charge in [-0.3, -0.25) is 4.79 Å². The average Bonchev–Trinajstić information content (AvgIpc) is 2.90. The molecular formula is C13H14N2OS2. The van der Waals surface area contributed by atoms with E-state index in [0.29, 0.717) is 12.3 Å². The van der Waals surface area contributed by atoms with E-state index in [0.717, 1.165) is 5.03 Å². The number of thioether (sulfide) groups is 1. The Morgan fingerprint density at radius 1 is 1.39 bits per heavy atom. The highest BCUT2D eigenvalue weighted by Gasteiger charge is 2.10. The van der Waals surface area contributed by atoms with Gasteiger partial charge >= 0.3 is 0 Å². The molecule has 18 heavy (non-hydrogen) atoms. The van der Waals surface area contributed by atoms with Crippen LogP contribution in [0.5, 0.6) is 0 Å². The van der Waals surface area contributed by atoms with Gasteiger partial charge in [-0.05, 0) is 23.6 Å². The minimum Gasteiger partial charge on any atom is -0.340 e. The fraction of sp³-hybridized carbons (Fsp3) is 0.231. The lowest BCUT2D eigenvalue weighted by atomic mass is 10.4. The highest BCUT2D eigenvalue weighted by molar-refractivity contribution is 7.99. The Hall–Kier alpha value is -1.33. The van der Waals surface area contributed by atoms with Gasteiger partial charge in [0.15, 0.2) is 0 Å². The molecule has 0 aliphatic heterocycles. The van der Waals surface area contributed by atoms with Crippen LogP contribution in [-0.4, -0.2) is 28.6 Å². The normalized spacial score (nSPS) is 10.3. The van der Waals surface area contributed by atoms with Gasteiger partial charge < -0.3 is 4.90 Å². The highest BCUT2D eigenvalue weighted by atomic mass is 32.2. The van der Waals surface area contributed by atoms with Crippen molar-refractivity contribution < 1.29 is 4.79 Å². The van der Waals surface area contributed by atoms with Crippen molar-refractivity contribution in [1.29, 1.82) is 0 Å². The molecule has 5 heteroatoms. The number of nitrogens with zero attached hydrogens (tertiary/aromatic N) is 2. The second-order valence-electron chi connectivity index (χ2n) is 3.79. The van der Waals surface area contributed by atoms with E-state index in [-0.39, 0.29) is 5.91 Å². The molecule has 1 amide bonds. The quantitative estimate of drug-likeness (QED) is 0.789. The van der Waals surface area contributed by atoms with E-state index in [9.17, 15) is 4.79 Å². The zero-order valence-corrected chi connectivity index (χ0v) is 11.7. The van der Waals surface area contributed by atoms with Crippen molar-refractivity contribution >= 4 is 29.0 Å². The molecule has 0 spiro atoms. The molecule has 2 aromatic rings. The molecule has 0 bridgehead atoms. The zero-order chi connectivity index (χ0) is 12.8. The van der Waals surface area contributed by atoms with E-state index < -0.39 is 0 Å². The van der Waals surface area contributed by atoms with Gasteiger partial charge in [0.2, 0.25) is 5.91 Å². The fourth-order valence-electron chi connectivity index (χ4n) is 1.40. The van der Waals surface area contributed by atoms with Crippen LogP contribution in [0.25, 0.3) is 0 Å². The Bertz CT molecular complexity index is 485. The van der Waals surface area contributed by atoms with Crippen molar-refractivity contribution in [3.8, 4) is 0 Å². The van der Waals surface area contributed by atoms with Gasteiger partial charge in [-0.2, -0.15) is 0 Å². The minimum absolute atomic E-state index is 0.124. The average molecular weight is 278 g/mol. The zero-order valence-electron chi connectivity index (χ0n) is 10.1. The number of pyridine rings is 1. The third kappa shape index (κ3) is 3.85. The number of hydrogen-bond acceptors (Lipinski definition) is 4. The van der Waals surface area contributed by atoms with Crippen LogP contribution >= 0.6 is 23.1 Å². The van der Waals surface area contributed by atoms with Crippen LogP contribution in [0.3, 0.4) is 0 Å². The Balaban J connectivity index is 1.81. The largest absolute Gasteiger partial charge is 0.340 e. The molecule has 0 aromatic carbocycles. The molecule has 0 saturated heterocycles. The van der Waals surface area contributed by atoms with E-state index in [1.165, 1.54) is 16.6 Å². The summed E-state index contributed by atoms with van der Waals surface area (Å²) in [5.41, 5.74) is 0. The van der Waals surface area contributed by atoms with Crippen molar-refractivity contribution in [2.24, 2.45) is 0 Å². The number of hydrogen-bond donors (Lipinski definition) is 0. The summed E-state index contributed by atoms with van der Waals surface area (Å²) in [5, 5.41) is 2.91. The van der Waals surface area contributed by atoms with Crippen LogP contribution in [0, 0.1) is 0 Å². The maximum atomic E-state index is 11.9. The molecule has 0 unspecified atom stereocenters. The Labute approximate surface area is 115 Å². The van der Waals surface area contributed by atoms with E-state index >= 15 is 0 Å². The van der Waals surface area contributed by atoms with Gasteiger partial charge in [-0.15, -0.1) is 11.3 Å². The standard InChI is InChI=1S/C13H14N2OS2/c1-15(9-11-5-4-8-17-11)13(16)10-18-12-6-2-3-7-14-12/h2-8H,9-10H2,1H3. The van der Waals surface area contributed by atoms with Gasteiger partial charge in [0.1, 0.15) is 0 Å². The van der Waals surface area contributed by atoms with Crippen LogP contribution < -0.4 is 0 Å². The first-order valence-electron chi connectivity index (χ1n) is 5.56. The van der Waals surface area contributed by atoms with Crippen LogP contribution in [0.2, 0.25) is 0 Å². The molecule has 0 aliphatic carbocycles. The van der Waals surface area contributed by atoms with Gasteiger partial charge in [0, 0.05) is 18.1 Å². The SMILES string of the molecule is CN(Cc1cccs1)C(=O)CSc1ccccn1. The molecule has 0 N–H and O–H groups in total. The third-order valence-corrected chi connectivity index (χ3v) is 4.17. The summed E-state index contributed by atoms with van der Waals surface area (Å²) in [6, 6.07) is 9.75. The predicted octanol–water partition coefficient (Wildman–Crippen LogP) is 2.89. The van der Waals surface area contributed by atoms with E-state index in [1.807, 2.05) is 42.8 Å². The highest BCUT2D eigenvalue weighted by Crippen LogP contribution is 2.16. The number of amides is 1. The molecular weight excluding hydrogens is 264 g/mol. The maximum absolute atomic E-state index is 11.9. The van der Waals surface area contributed by atoms with Gasteiger partial charge in [0.05, 0.1) is 17.3 Å². The summed E-state index contributed by atoms with van der Waals surface area (Å²) in [5.74, 6) is 0.554. The summed E-state index contributed by atoms with van der Waals surface area (Å²) in [7, 11) is 1.83. The van der Waals surface area contributed by atoms with Gasteiger partial charge in [-0.25, -0.2) is 4.98 Å². The molecule has 0 saturated carbocycles. The lowest BCUT2D eigenvalue weighted by Crippen LogP contribution is -2.27. The van der Waals surface area contributed by atoms with Gasteiger partial charge in [0.25, 0.3) is 0 Å². The molecule has 94 valence electrons. The third-order valence-electron chi connectivity index (χ3n) is 2.38. The van der Waals surface area contributed by atoms with Crippen LogP contribution in [-0.2, 0) is 11.3 Å². The number of thiophene rings is 1. The second kappa shape index (κ2) is 6.56. The first kappa shape index (κ1) is 13.1. The molecule has 2 heterocycles. The molecule has 0 atom stereocenters. The monoisotopic (exact) mass is 278 g/mol. The predicted molar refractivity (Wildman–Crippen MR) is 75.8 cm³/mol. The summed E-state index contributed by atoms with van der Waals surface area (Å²) in [4.78, 5) is 19.1. The Morgan fingerprint density at radius 3 is 2.94 bits per heavy atom. The van der Waals surface area contributed by atoms with E-state index in [4.69, 9.17) is 0 Å². The molecule has 0 aliphatic rings. The van der Waals surface area contributed by atoms with Crippen molar-refractivity contribution in [2.45, 2.75) is 11.6 Å². The van der Waals surface area contributed by atoms with Crippen molar-refractivity contribution in [2.75, 3.05) is 12.8 Å². The van der Waals surface area contributed by atoms with Crippen LogP contribution in [0.1, 0.15) is 4.88 Å². The van der Waals surface area contributed by atoms with Crippen molar-refractivity contribution in [3.63, 3.8) is 0 Å². The molecule has 0 fully saturated rings. The summed E-state index contributed by atoms with van der Waals surface area (Å²) < 4.78 is 0. The second-order valence-corrected chi connectivity index (χ2v) is 5.81. The summed E-state index contributed by atoms with van der Waals surface area (Å²) in [6.45, 7) is 0.680. The lowest BCUT2D eigenvalue weighted by Gasteiger charge is -2.15. The molecule has 3 nitrogen and oxygen atoms in total. The Morgan fingerprint density at radius 2 is 2.28 bits per heavy atom. The topological polar surface area (TPSA) is 33.2 Å². The molecule has 2 aromatic heterocycles. The smallest absolute Gasteiger partial charge is 0.233 e. The summed E-state index contributed by atoms with van der Waals surface area (Å²) >= 11 is 3.14. The summed E-state index contributed by atoms with van der Waals surface area (Å²) in [6.07, 6.45) is 1.74. The lowest BCUT2D eigenvalue weighted by molar-refractivity contribution is -0.127. The van der Waals surface area contributed by atoms with Crippen molar-refractivity contribution in [3.05, 3.63) is 46.8 Å². The van der Waals surface area contributed by atoms with Gasteiger partial charge in [-0.1, -0.05) is 23.9 Å². The molecule has 0 radical (unpaired) electrons. The van der Waals surface area contributed by atoms with E-state index in [2.05, 4.69) is 4.98 Å². The van der Waals surface area contributed by atoms with E-state index in [1.54, 1.807) is 22.4 Å². The number of rotatable bonds is 5. The first-order valence-corrected chi connectivity index (χ1v) is 7.42. The van der Waals surface area contributed by atoms with Crippen LogP contribution in [0.15, 0.2) is 46.9 Å². The van der Waals surface area contributed by atoms with Crippen LogP contribution in [0.4, 0.5) is 0 Å².